The van der Waals surface area contributed by atoms with Crippen molar-refractivity contribution in [1.82, 2.24) is 0 Å². The summed E-state index contributed by atoms with van der Waals surface area (Å²) < 4.78 is 0. The predicted molar refractivity (Wildman–Crippen MR) is 117 cm³/mol. The predicted octanol–water partition coefficient (Wildman–Crippen LogP) is 4.74. The van der Waals surface area contributed by atoms with Gasteiger partial charge in [0, 0.05) is 17.1 Å². The molecular weight excluding hydrogens is 330 g/mol. The summed E-state index contributed by atoms with van der Waals surface area (Å²) in [7, 11) is 0. The molecule has 0 unspecified atom stereocenters. The molecule has 0 aliphatic rings. The largest absolute Gasteiger partial charge is 0.399 e. The summed E-state index contributed by atoms with van der Waals surface area (Å²) in [6.45, 7) is 4.31. The van der Waals surface area contributed by atoms with E-state index in [4.69, 9.17) is 17.2 Å². The molecule has 0 bridgehead atoms. The Hall–Kier alpha value is -2.94. The van der Waals surface area contributed by atoms with E-state index in [-0.39, 0.29) is 0 Å². The van der Waals surface area contributed by atoms with E-state index in [0.717, 1.165) is 48.3 Å². The van der Waals surface area contributed by atoms with Gasteiger partial charge in [0.2, 0.25) is 0 Å². The molecule has 3 nitrogen and oxygen atoms in total. The van der Waals surface area contributed by atoms with Crippen LogP contribution in [-0.2, 0) is 25.7 Å². The Kier molecular flexibility index (Phi) is 5.70. The molecular formula is C24H29N3. The van der Waals surface area contributed by atoms with Crippen LogP contribution < -0.4 is 17.2 Å². The van der Waals surface area contributed by atoms with Crippen LogP contribution in [0.25, 0.3) is 0 Å². The van der Waals surface area contributed by atoms with Crippen LogP contribution in [0.3, 0.4) is 0 Å². The maximum atomic E-state index is 6.28. The van der Waals surface area contributed by atoms with Gasteiger partial charge in [-0.15, -0.1) is 0 Å². The highest BCUT2D eigenvalue weighted by Gasteiger charge is 2.08. The van der Waals surface area contributed by atoms with E-state index in [1.165, 1.54) is 27.8 Å². The van der Waals surface area contributed by atoms with Crippen LogP contribution in [0.15, 0.2) is 54.6 Å². The number of benzene rings is 3. The van der Waals surface area contributed by atoms with E-state index in [1.807, 2.05) is 18.2 Å². The lowest BCUT2D eigenvalue weighted by atomic mass is 9.94. The SMILES string of the molecule is CCc1cc(Cc2ccc(N)c(Cc3ccc(N)cc3)c2)cc(CC)c1N. The third-order valence-corrected chi connectivity index (χ3v) is 5.16. The molecule has 27 heavy (non-hydrogen) atoms. The number of nitrogens with two attached hydrogens (primary N) is 3. The van der Waals surface area contributed by atoms with Gasteiger partial charge in [-0.25, -0.2) is 0 Å². The molecule has 0 heterocycles. The number of hydrogen-bond acceptors (Lipinski definition) is 3. The summed E-state index contributed by atoms with van der Waals surface area (Å²) in [4.78, 5) is 0. The highest BCUT2D eigenvalue weighted by Crippen LogP contribution is 2.25. The molecule has 140 valence electrons. The van der Waals surface area contributed by atoms with E-state index in [2.05, 4.69) is 50.2 Å². The van der Waals surface area contributed by atoms with Crippen molar-refractivity contribution in [2.45, 2.75) is 39.5 Å². The van der Waals surface area contributed by atoms with Crippen LogP contribution in [0.2, 0.25) is 0 Å². The molecule has 3 aromatic rings. The molecule has 0 spiro atoms. The number of rotatable bonds is 6. The Morgan fingerprint density at radius 2 is 1.15 bits per heavy atom. The number of aryl methyl sites for hydroxylation is 2. The maximum absolute atomic E-state index is 6.28. The van der Waals surface area contributed by atoms with E-state index in [9.17, 15) is 0 Å². The molecule has 3 heteroatoms. The first-order chi connectivity index (χ1) is 13.0. The van der Waals surface area contributed by atoms with Gasteiger partial charge in [-0.1, -0.05) is 50.2 Å². The first kappa shape index (κ1) is 18.8. The van der Waals surface area contributed by atoms with Crippen molar-refractivity contribution >= 4 is 17.1 Å². The fourth-order valence-corrected chi connectivity index (χ4v) is 3.55. The summed E-state index contributed by atoms with van der Waals surface area (Å²) in [5.74, 6) is 0. The standard InChI is InChI=1S/C24H29N3/c1-3-19-14-18(15-20(4-2)24(19)27)11-17-7-10-23(26)21(13-17)12-16-5-8-22(25)9-6-16/h5-10,13-15H,3-4,11-12,25-27H2,1-2H3. The molecule has 0 aliphatic heterocycles. The molecule has 3 aromatic carbocycles. The molecule has 0 fully saturated rings. The van der Waals surface area contributed by atoms with Crippen molar-refractivity contribution in [3.05, 3.63) is 88.0 Å². The summed E-state index contributed by atoms with van der Waals surface area (Å²) in [6.07, 6.45) is 3.60. The van der Waals surface area contributed by atoms with Crippen LogP contribution in [0, 0.1) is 0 Å². The van der Waals surface area contributed by atoms with Crippen molar-refractivity contribution in [3.63, 3.8) is 0 Å². The molecule has 3 rings (SSSR count). The van der Waals surface area contributed by atoms with Crippen molar-refractivity contribution in [1.29, 1.82) is 0 Å². The fraction of sp³-hybridized carbons (Fsp3) is 0.250. The minimum absolute atomic E-state index is 0.780. The Labute approximate surface area is 162 Å². The van der Waals surface area contributed by atoms with Gasteiger partial charge >= 0.3 is 0 Å². The average Bonchev–Trinajstić information content (AvgIpc) is 2.67. The third kappa shape index (κ3) is 4.43. The van der Waals surface area contributed by atoms with E-state index in [1.54, 1.807) is 0 Å². The molecule has 6 N–H and O–H groups in total. The smallest absolute Gasteiger partial charge is 0.0379 e. The monoisotopic (exact) mass is 359 g/mol. The first-order valence-electron chi connectivity index (χ1n) is 9.62. The molecule has 0 atom stereocenters. The first-order valence-corrected chi connectivity index (χ1v) is 9.62. The fourth-order valence-electron chi connectivity index (χ4n) is 3.55. The quantitative estimate of drug-likeness (QED) is 0.556. The zero-order valence-corrected chi connectivity index (χ0v) is 16.3. The average molecular weight is 360 g/mol. The minimum atomic E-state index is 0.780. The Morgan fingerprint density at radius 1 is 0.593 bits per heavy atom. The molecule has 0 amide bonds. The van der Waals surface area contributed by atoms with Gasteiger partial charge in [0.25, 0.3) is 0 Å². The van der Waals surface area contributed by atoms with Crippen molar-refractivity contribution in [2.75, 3.05) is 17.2 Å². The Balaban J connectivity index is 1.87. The van der Waals surface area contributed by atoms with E-state index < -0.39 is 0 Å². The van der Waals surface area contributed by atoms with Crippen LogP contribution in [0.4, 0.5) is 17.1 Å². The summed E-state index contributed by atoms with van der Waals surface area (Å²) in [6, 6.07) is 18.8. The van der Waals surface area contributed by atoms with Crippen molar-refractivity contribution < 1.29 is 0 Å². The second kappa shape index (κ2) is 8.17. The minimum Gasteiger partial charge on any atom is -0.399 e. The van der Waals surface area contributed by atoms with Gasteiger partial charge in [-0.05, 0) is 77.3 Å². The van der Waals surface area contributed by atoms with Crippen LogP contribution in [-0.4, -0.2) is 0 Å². The summed E-state index contributed by atoms with van der Waals surface area (Å²) in [5.41, 5.74) is 28.3. The molecule has 0 aromatic heterocycles. The normalized spacial score (nSPS) is 10.9. The van der Waals surface area contributed by atoms with Gasteiger partial charge < -0.3 is 17.2 Å². The number of anilines is 3. The van der Waals surface area contributed by atoms with Crippen LogP contribution in [0.1, 0.15) is 47.2 Å². The second-order valence-corrected chi connectivity index (χ2v) is 7.16. The van der Waals surface area contributed by atoms with E-state index in [0.29, 0.717) is 0 Å². The topological polar surface area (TPSA) is 78.1 Å². The molecule has 0 aliphatic carbocycles. The number of hydrogen-bond donors (Lipinski definition) is 3. The lowest BCUT2D eigenvalue weighted by molar-refractivity contribution is 1.06. The zero-order valence-electron chi connectivity index (χ0n) is 16.3. The van der Waals surface area contributed by atoms with Gasteiger partial charge in [-0.3, -0.25) is 0 Å². The zero-order chi connectivity index (χ0) is 19.4. The molecule has 0 saturated carbocycles. The van der Waals surface area contributed by atoms with Crippen LogP contribution >= 0.6 is 0 Å². The molecule has 0 radical (unpaired) electrons. The highest BCUT2D eigenvalue weighted by molar-refractivity contribution is 5.57. The summed E-state index contributed by atoms with van der Waals surface area (Å²) >= 11 is 0. The number of nitrogen functional groups attached to an aromatic ring is 3. The van der Waals surface area contributed by atoms with Crippen molar-refractivity contribution in [3.8, 4) is 0 Å². The van der Waals surface area contributed by atoms with Gasteiger partial charge in [0.05, 0.1) is 0 Å². The van der Waals surface area contributed by atoms with E-state index >= 15 is 0 Å². The van der Waals surface area contributed by atoms with Gasteiger partial charge in [0.1, 0.15) is 0 Å². The van der Waals surface area contributed by atoms with Crippen molar-refractivity contribution in [2.24, 2.45) is 0 Å². The van der Waals surface area contributed by atoms with Crippen LogP contribution in [0.5, 0.6) is 0 Å². The Morgan fingerprint density at radius 3 is 1.74 bits per heavy atom. The third-order valence-electron chi connectivity index (χ3n) is 5.16. The maximum Gasteiger partial charge on any atom is 0.0379 e. The highest BCUT2D eigenvalue weighted by atomic mass is 14.6. The summed E-state index contributed by atoms with van der Waals surface area (Å²) in [5, 5.41) is 0. The lowest BCUT2D eigenvalue weighted by Crippen LogP contribution is -2.02. The Bertz CT molecular complexity index is 902. The lowest BCUT2D eigenvalue weighted by Gasteiger charge is -2.14. The second-order valence-electron chi connectivity index (χ2n) is 7.16. The van der Waals surface area contributed by atoms with Gasteiger partial charge in [0.15, 0.2) is 0 Å². The molecule has 0 saturated heterocycles. The van der Waals surface area contributed by atoms with Gasteiger partial charge in [-0.2, -0.15) is 0 Å².